The van der Waals surface area contributed by atoms with Gasteiger partial charge in [-0.2, -0.15) is 5.10 Å². The van der Waals surface area contributed by atoms with Crippen molar-refractivity contribution in [3.05, 3.63) is 18.5 Å². The van der Waals surface area contributed by atoms with Gasteiger partial charge < -0.3 is 5.32 Å². The molecule has 1 rings (SSSR count). The van der Waals surface area contributed by atoms with Gasteiger partial charge in [0.05, 0.1) is 6.54 Å². The third-order valence-electron chi connectivity index (χ3n) is 2.81. The van der Waals surface area contributed by atoms with Crippen molar-refractivity contribution >= 4 is 0 Å². The Balaban J connectivity index is 2.32. The summed E-state index contributed by atoms with van der Waals surface area (Å²) in [4.78, 5) is 0. The molecule has 1 aromatic rings. The highest BCUT2D eigenvalue weighted by Gasteiger charge is 2.10. The van der Waals surface area contributed by atoms with Crippen LogP contribution in [0.5, 0.6) is 0 Å². The van der Waals surface area contributed by atoms with Crippen LogP contribution < -0.4 is 5.32 Å². The molecule has 0 spiro atoms. The van der Waals surface area contributed by atoms with Gasteiger partial charge in [0.2, 0.25) is 0 Å². The molecule has 0 fully saturated rings. The Kier molecular flexibility index (Phi) is 6.16. The maximum atomic E-state index is 4.23. The number of nitrogens with one attached hydrogen (secondary N) is 1. The van der Waals surface area contributed by atoms with Crippen LogP contribution in [0.25, 0.3) is 0 Å². The van der Waals surface area contributed by atoms with Crippen LogP contribution in [0.1, 0.15) is 46.5 Å². The largest absolute Gasteiger partial charge is 0.310 e. The first-order valence-electron chi connectivity index (χ1n) is 6.49. The Labute approximate surface area is 99.2 Å². The zero-order valence-electron chi connectivity index (χ0n) is 10.8. The van der Waals surface area contributed by atoms with Gasteiger partial charge in [0.1, 0.15) is 0 Å². The van der Waals surface area contributed by atoms with E-state index in [1.165, 1.54) is 25.7 Å². The molecule has 1 unspecified atom stereocenters. The highest BCUT2D eigenvalue weighted by Crippen LogP contribution is 2.06. The van der Waals surface area contributed by atoms with Gasteiger partial charge in [0.15, 0.2) is 0 Å². The predicted molar refractivity (Wildman–Crippen MR) is 68.4 cm³/mol. The monoisotopic (exact) mass is 223 g/mol. The second-order valence-corrected chi connectivity index (χ2v) is 4.57. The summed E-state index contributed by atoms with van der Waals surface area (Å²) in [5, 5.41) is 7.93. The molecule has 0 aromatic carbocycles. The summed E-state index contributed by atoms with van der Waals surface area (Å²) in [5.74, 6) is 0. The lowest BCUT2D eigenvalue weighted by atomic mass is 10.1. The molecule has 0 aliphatic carbocycles. The van der Waals surface area contributed by atoms with Crippen LogP contribution in [0, 0.1) is 0 Å². The summed E-state index contributed by atoms with van der Waals surface area (Å²) in [6, 6.07) is 3.13. The van der Waals surface area contributed by atoms with E-state index in [1.807, 2.05) is 23.1 Å². The second-order valence-electron chi connectivity index (χ2n) is 4.57. The van der Waals surface area contributed by atoms with Gasteiger partial charge in [-0.15, -0.1) is 0 Å². The molecule has 1 N–H and O–H groups in total. The van der Waals surface area contributed by atoms with Crippen LogP contribution in [0.15, 0.2) is 18.5 Å². The van der Waals surface area contributed by atoms with Gasteiger partial charge in [0.25, 0.3) is 0 Å². The lowest BCUT2D eigenvalue weighted by Gasteiger charge is -2.22. The molecule has 0 bridgehead atoms. The second kappa shape index (κ2) is 7.44. The summed E-state index contributed by atoms with van der Waals surface area (Å²) in [6.45, 7) is 7.70. The molecule has 1 atom stereocenters. The Bertz CT molecular complexity index is 250. The van der Waals surface area contributed by atoms with Gasteiger partial charge in [-0.1, -0.05) is 26.7 Å². The minimum atomic E-state index is 0.489. The van der Waals surface area contributed by atoms with Crippen molar-refractivity contribution in [3.8, 4) is 0 Å². The highest BCUT2D eigenvalue weighted by atomic mass is 15.3. The highest BCUT2D eigenvalue weighted by molar-refractivity contribution is 4.80. The molecule has 3 nitrogen and oxygen atoms in total. The molecule has 16 heavy (non-hydrogen) atoms. The van der Waals surface area contributed by atoms with E-state index in [2.05, 4.69) is 31.2 Å². The summed E-state index contributed by atoms with van der Waals surface area (Å²) < 4.78 is 1.99. The minimum Gasteiger partial charge on any atom is -0.310 e. The predicted octanol–water partition coefficient (Wildman–Crippen LogP) is 2.83. The standard InChI is InChI=1S/C13H25N3/c1-4-7-13(8-5-2)15-12(3)11-16-10-6-9-14-16/h6,9-10,12-13,15H,4-5,7-8,11H2,1-3H3. The van der Waals surface area contributed by atoms with Gasteiger partial charge in [-0.05, 0) is 25.8 Å². The van der Waals surface area contributed by atoms with E-state index in [0.29, 0.717) is 12.1 Å². The molecule has 0 amide bonds. The maximum Gasteiger partial charge on any atom is 0.0560 e. The van der Waals surface area contributed by atoms with E-state index in [4.69, 9.17) is 0 Å². The number of nitrogens with zero attached hydrogens (tertiary/aromatic N) is 2. The molecule has 1 aromatic heterocycles. The van der Waals surface area contributed by atoms with E-state index in [0.717, 1.165) is 6.54 Å². The molecule has 0 radical (unpaired) electrons. The Morgan fingerprint density at radius 3 is 2.44 bits per heavy atom. The quantitative estimate of drug-likeness (QED) is 0.734. The van der Waals surface area contributed by atoms with Crippen LogP contribution >= 0.6 is 0 Å². The van der Waals surface area contributed by atoms with E-state index < -0.39 is 0 Å². The van der Waals surface area contributed by atoms with E-state index in [-0.39, 0.29) is 0 Å². The fourth-order valence-electron chi connectivity index (χ4n) is 2.15. The van der Waals surface area contributed by atoms with E-state index >= 15 is 0 Å². The van der Waals surface area contributed by atoms with Crippen molar-refractivity contribution in [2.45, 2.75) is 65.1 Å². The summed E-state index contributed by atoms with van der Waals surface area (Å²) in [6.07, 6.45) is 8.92. The first kappa shape index (κ1) is 13.2. The fourth-order valence-corrected chi connectivity index (χ4v) is 2.15. The van der Waals surface area contributed by atoms with Crippen LogP contribution in [-0.2, 0) is 6.54 Å². The molecule has 1 heterocycles. The normalized spacial score (nSPS) is 13.2. The van der Waals surface area contributed by atoms with Crippen molar-refractivity contribution in [3.63, 3.8) is 0 Å². The molecular weight excluding hydrogens is 198 g/mol. The Morgan fingerprint density at radius 1 is 1.25 bits per heavy atom. The summed E-state index contributed by atoms with van der Waals surface area (Å²) >= 11 is 0. The van der Waals surface area contributed by atoms with Crippen LogP contribution in [-0.4, -0.2) is 21.9 Å². The SMILES string of the molecule is CCCC(CCC)NC(C)Cn1cccn1. The van der Waals surface area contributed by atoms with Crippen molar-refractivity contribution in [2.75, 3.05) is 0 Å². The Hall–Kier alpha value is -0.830. The Morgan fingerprint density at radius 2 is 1.94 bits per heavy atom. The minimum absolute atomic E-state index is 0.489. The fraction of sp³-hybridized carbons (Fsp3) is 0.769. The van der Waals surface area contributed by atoms with E-state index in [9.17, 15) is 0 Å². The lowest BCUT2D eigenvalue weighted by molar-refractivity contribution is 0.362. The van der Waals surface area contributed by atoms with Crippen molar-refractivity contribution in [1.29, 1.82) is 0 Å². The summed E-state index contributed by atoms with van der Waals surface area (Å²) in [7, 11) is 0. The van der Waals surface area contributed by atoms with Crippen LogP contribution in [0.3, 0.4) is 0 Å². The van der Waals surface area contributed by atoms with Crippen LogP contribution in [0.4, 0.5) is 0 Å². The van der Waals surface area contributed by atoms with Gasteiger partial charge >= 0.3 is 0 Å². The third-order valence-corrected chi connectivity index (χ3v) is 2.81. The van der Waals surface area contributed by atoms with Crippen LogP contribution in [0.2, 0.25) is 0 Å². The molecular formula is C13H25N3. The number of hydrogen-bond donors (Lipinski definition) is 1. The average molecular weight is 223 g/mol. The molecule has 0 aliphatic rings. The van der Waals surface area contributed by atoms with Gasteiger partial charge in [0, 0.05) is 24.5 Å². The number of rotatable bonds is 8. The summed E-state index contributed by atoms with van der Waals surface area (Å²) in [5.41, 5.74) is 0. The zero-order chi connectivity index (χ0) is 11.8. The lowest BCUT2D eigenvalue weighted by Crippen LogP contribution is -2.39. The maximum absolute atomic E-state index is 4.23. The van der Waals surface area contributed by atoms with Gasteiger partial charge in [-0.3, -0.25) is 4.68 Å². The topological polar surface area (TPSA) is 29.9 Å². The molecule has 0 saturated carbocycles. The first-order chi connectivity index (χ1) is 7.76. The van der Waals surface area contributed by atoms with Crippen molar-refractivity contribution < 1.29 is 0 Å². The average Bonchev–Trinajstić information content (AvgIpc) is 2.71. The van der Waals surface area contributed by atoms with Crippen molar-refractivity contribution in [2.24, 2.45) is 0 Å². The number of aromatic nitrogens is 2. The van der Waals surface area contributed by atoms with Crippen molar-refractivity contribution in [1.82, 2.24) is 15.1 Å². The van der Waals surface area contributed by atoms with E-state index in [1.54, 1.807) is 0 Å². The number of hydrogen-bond acceptors (Lipinski definition) is 2. The third kappa shape index (κ3) is 4.79. The first-order valence-corrected chi connectivity index (χ1v) is 6.49. The van der Waals surface area contributed by atoms with Gasteiger partial charge in [-0.25, -0.2) is 0 Å². The zero-order valence-corrected chi connectivity index (χ0v) is 10.8. The molecule has 0 saturated heterocycles. The molecule has 92 valence electrons. The smallest absolute Gasteiger partial charge is 0.0560 e. The molecule has 0 aliphatic heterocycles. The molecule has 3 heteroatoms.